The summed E-state index contributed by atoms with van der Waals surface area (Å²) in [6, 6.07) is 0.345. The summed E-state index contributed by atoms with van der Waals surface area (Å²) in [5, 5.41) is 0. The fourth-order valence-electron chi connectivity index (χ4n) is 2.03. The molecule has 0 heterocycles. The van der Waals surface area contributed by atoms with E-state index in [1.807, 2.05) is 0 Å². The van der Waals surface area contributed by atoms with Crippen LogP contribution in [0.25, 0.3) is 0 Å². The predicted molar refractivity (Wildman–Crippen MR) is 49.6 cm³/mol. The van der Waals surface area contributed by atoms with Crippen molar-refractivity contribution in [1.29, 1.82) is 0 Å². The summed E-state index contributed by atoms with van der Waals surface area (Å²) >= 11 is 0. The quantitative estimate of drug-likeness (QED) is 0.481. The zero-order chi connectivity index (χ0) is 8.81. The van der Waals surface area contributed by atoms with Gasteiger partial charge in [0.1, 0.15) is 0 Å². The summed E-state index contributed by atoms with van der Waals surface area (Å²) in [5.74, 6) is 6.28. The Morgan fingerprint density at radius 1 is 1.50 bits per heavy atom. The molecule has 1 atom stereocenters. The first-order valence-corrected chi connectivity index (χ1v) is 4.82. The van der Waals surface area contributed by atoms with Crippen LogP contribution in [0.3, 0.4) is 0 Å². The van der Waals surface area contributed by atoms with Crippen LogP contribution in [-0.2, 0) is 4.74 Å². The molecule has 0 radical (unpaired) electrons. The van der Waals surface area contributed by atoms with Crippen molar-refractivity contribution in [3.05, 3.63) is 0 Å². The van der Waals surface area contributed by atoms with Crippen LogP contribution in [0.4, 0.5) is 0 Å². The van der Waals surface area contributed by atoms with Crippen molar-refractivity contribution in [2.24, 2.45) is 11.8 Å². The molecule has 1 aliphatic rings. The van der Waals surface area contributed by atoms with Gasteiger partial charge in [0.25, 0.3) is 0 Å². The number of nitrogens with one attached hydrogen (secondary N) is 1. The number of nitrogens with two attached hydrogens (primary N) is 1. The van der Waals surface area contributed by atoms with Gasteiger partial charge in [-0.3, -0.25) is 11.3 Å². The van der Waals surface area contributed by atoms with Gasteiger partial charge >= 0.3 is 0 Å². The van der Waals surface area contributed by atoms with Crippen LogP contribution >= 0.6 is 0 Å². The summed E-state index contributed by atoms with van der Waals surface area (Å²) in [6.45, 7) is 0.729. The van der Waals surface area contributed by atoms with Crippen molar-refractivity contribution in [3.8, 4) is 0 Å². The molecule has 3 nitrogen and oxygen atoms in total. The Kier molecular flexibility index (Phi) is 4.58. The standard InChI is InChI=1S/C9H20N2O/c1-12-7-9(11-10)6-8-4-2-3-5-8/h8-9,11H,2-7,10H2,1H3. The minimum Gasteiger partial charge on any atom is -0.383 e. The van der Waals surface area contributed by atoms with Crippen molar-refractivity contribution in [3.63, 3.8) is 0 Å². The molecule has 1 aliphatic carbocycles. The van der Waals surface area contributed by atoms with E-state index in [1.54, 1.807) is 7.11 Å². The molecule has 0 aromatic carbocycles. The largest absolute Gasteiger partial charge is 0.383 e. The minimum atomic E-state index is 0.345. The molecule has 1 saturated carbocycles. The molecule has 0 saturated heterocycles. The molecule has 1 unspecified atom stereocenters. The van der Waals surface area contributed by atoms with Gasteiger partial charge in [0.05, 0.1) is 6.61 Å². The number of methoxy groups -OCH3 is 1. The molecular weight excluding hydrogens is 152 g/mol. The Hall–Kier alpha value is -0.120. The van der Waals surface area contributed by atoms with Crippen LogP contribution < -0.4 is 11.3 Å². The molecule has 3 heteroatoms. The zero-order valence-corrected chi connectivity index (χ0v) is 7.88. The van der Waals surface area contributed by atoms with E-state index < -0.39 is 0 Å². The molecule has 1 fully saturated rings. The number of ether oxygens (including phenoxy) is 1. The van der Waals surface area contributed by atoms with Gasteiger partial charge in [-0.1, -0.05) is 25.7 Å². The lowest BCUT2D eigenvalue weighted by Gasteiger charge is -2.18. The highest BCUT2D eigenvalue weighted by Gasteiger charge is 2.19. The predicted octanol–water partition coefficient (Wildman–Crippen LogP) is 1.05. The fraction of sp³-hybridized carbons (Fsp3) is 1.00. The number of hydrogen-bond donors (Lipinski definition) is 2. The van der Waals surface area contributed by atoms with Crippen LogP contribution in [0, 0.1) is 5.92 Å². The van der Waals surface area contributed by atoms with E-state index in [-0.39, 0.29) is 0 Å². The molecule has 12 heavy (non-hydrogen) atoms. The molecule has 3 N–H and O–H groups in total. The number of hydrazine groups is 1. The SMILES string of the molecule is COCC(CC1CCCC1)NN. The molecule has 1 rings (SSSR count). The minimum absolute atomic E-state index is 0.345. The van der Waals surface area contributed by atoms with Gasteiger partial charge < -0.3 is 4.74 Å². The molecule has 0 bridgehead atoms. The van der Waals surface area contributed by atoms with E-state index >= 15 is 0 Å². The normalized spacial score (nSPS) is 21.5. The highest BCUT2D eigenvalue weighted by Crippen LogP contribution is 2.28. The first-order chi connectivity index (χ1) is 5.86. The second-order valence-corrected chi connectivity index (χ2v) is 3.71. The van der Waals surface area contributed by atoms with Crippen molar-refractivity contribution < 1.29 is 4.74 Å². The van der Waals surface area contributed by atoms with E-state index in [2.05, 4.69) is 5.43 Å². The lowest BCUT2D eigenvalue weighted by Crippen LogP contribution is -2.39. The van der Waals surface area contributed by atoms with Gasteiger partial charge in [-0.15, -0.1) is 0 Å². The lowest BCUT2D eigenvalue weighted by atomic mass is 9.99. The second-order valence-electron chi connectivity index (χ2n) is 3.71. The monoisotopic (exact) mass is 172 g/mol. The molecule has 0 aromatic heterocycles. The average molecular weight is 172 g/mol. The van der Waals surface area contributed by atoms with Crippen LogP contribution in [-0.4, -0.2) is 19.8 Å². The van der Waals surface area contributed by atoms with Crippen molar-refractivity contribution >= 4 is 0 Å². The van der Waals surface area contributed by atoms with Gasteiger partial charge in [-0.25, -0.2) is 0 Å². The maximum absolute atomic E-state index is 5.41. The van der Waals surface area contributed by atoms with Gasteiger partial charge in [0.2, 0.25) is 0 Å². The van der Waals surface area contributed by atoms with Crippen LogP contribution in [0.15, 0.2) is 0 Å². The van der Waals surface area contributed by atoms with Crippen LogP contribution in [0.2, 0.25) is 0 Å². The van der Waals surface area contributed by atoms with E-state index in [1.165, 1.54) is 32.1 Å². The third kappa shape index (κ3) is 3.09. The zero-order valence-electron chi connectivity index (χ0n) is 7.88. The molecule has 0 aromatic rings. The first kappa shape index (κ1) is 9.96. The Balaban J connectivity index is 2.16. The highest BCUT2D eigenvalue weighted by atomic mass is 16.5. The van der Waals surface area contributed by atoms with Gasteiger partial charge in [-0.2, -0.15) is 0 Å². The Morgan fingerprint density at radius 2 is 2.17 bits per heavy atom. The summed E-state index contributed by atoms with van der Waals surface area (Å²) in [6.07, 6.45) is 6.72. The van der Waals surface area contributed by atoms with Crippen molar-refractivity contribution in [2.75, 3.05) is 13.7 Å². The van der Waals surface area contributed by atoms with E-state index in [0.29, 0.717) is 6.04 Å². The summed E-state index contributed by atoms with van der Waals surface area (Å²) < 4.78 is 5.06. The van der Waals surface area contributed by atoms with E-state index in [4.69, 9.17) is 10.6 Å². The highest BCUT2D eigenvalue weighted by molar-refractivity contribution is 4.73. The third-order valence-corrected chi connectivity index (χ3v) is 2.70. The smallest absolute Gasteiger partial charge is 0.0629 e. The van der Waals surface area contributed by atoms with Crippen LogP contribution in [0.5, 0.6) is 0 Å². The molecule has 0 spiro atoms. The topological polar surface area (TPSA) is 47.3 Å². The van der Waals surface area contributed by atoms with Crippen LogP contribution in [0.1, 0.15) is 32.1 Å². The first-order valence-electron chi connectivity index (χ1n) is 4.82. The maximum atomic E-state index is 5.41. The fourth-order valence-corrected chi connectivity index (χ4v) is 2.03. The van der Waals surface area contributed by atoms with Crippen molar-refractivity contribution in [2.45, 2.75) is 38.1 Å². The second kappa shape index (κ2) is 5.51. The Labute approximate surface area is 74.6 Å². The summed E-state index contributed by atoms with van der Waals surface area (Å²) in [4.78, 5) is 0. The lowest BCUT2D eigenvalue weighted by molar-refractivity contribution is 0.154. The Bertz CT molecular complexity index is 113. The van der Waals surface area contributed by atoms with E-state index in [0.717, 1.165) is 12.5 Å². The number of hydrogen-bond acceptors (Lipinski definition) is 3. The molecular formula is C9H20N2O. The molecule has 72 valence electrons. The molecule has 0 amide bonds. The van der Waals surface area contributed by atoms with Crippen molar-refractivity contribution in [1.82, 2.24) is 5.43 Å². The van der Waals surface area contributed by atoms with Gasteiger partial charge in [0.15, 0.2) is 0 Å². The Morgan fingerprint density at radius 3 is 2.67 bits per heavy atom. The van der Waals surface area contributed by atoms with Gasteiger partial charge in [0, 0.05) is 13.2 Å². The maximum Gasteiger partial charge on any atom is 0.0629 e. The molecule has 0 aliphatic heterocycles. The van der Waals surface area contributed by atoms with E-state index in [9.17, 15) is 0 Å². The average Bonchev–Trinajstić information content (AvgIpc) is 2.56. The number of rotatable bonds is 5. The third-order valence-electron chi connectivity index (χ3n) is 2.70. The van der Waals surface area contributed by atoms with Gasteiger partial charge in [-0.05, 0) is 12.3 Å². The summed E-state index contributed by atoms with van der Waals surface area (Å²) in [7, 11) is 1.72. The summed E-state index contributed by atoms with van der Waals surface area (Å²) in [5.41, 5.74) is 2.80.